The SMILES string of the molecule is FC(F)(F)Oc1ccccc1-c1ccc2ccccc2c1. The maximum atomic E-state index is 12.5. The van der Waals surface area contributed by atoms with E-state index < -0.39 is 6.36 Å². The second-order valence-corrected chi connectivity index (χ2v) is 4.61. The number of alkyl halides is 3. The Balaban J connectivity index is 2.10. The highest BCUT2D eigenvalue weighted by Gasteiger charge is 2.32. The van der Waals surface area contributed by atoms with E-state index in [9.17, 15) is 13.2 Å². The third kappa shape index (κ3) is 2.99. The van der Waals surface area contributed by atoms with Crippen LogP contribution in [-0.4, -0.2) is 6.36 Å². The minimum absolute atomic E-state index is 0.194. The number of rotatable bonds is 2. The summed E-state index contributed by atoms with van der Waals surface area (Å²) >= 11 is 0. The molecule has 0 aliphatic rings. The molecule has 0 unspecified atom stereocenters. The van der Waals surface area contributed by atoms with Crippen LogP contribution in [0, 0.1) is 0 Å². The van der Waals surface area contributed by atoms with Gasteiger partial charge in [-0.25, -0.2) is 0 Å². The molecule has 21 heavy (non-hydrogen) atoms. The molecule has 0 amide bonds. The van der Waals surface area contributed by atoms with Crippen molar-refractivity contribution in [3.63, 3.8) is 0 Å². The number of para-hydroxylation sites is 1. The molecule has 0 radical (unpaired) electrons. The standard InChI is InChI=1S/C17H11F3O/c18-17(19,20)21-16-8-4-3-7-15(16)14-10-9-12-5-1-2-6-13(12)11-14/h1-11H. The van der Waals surface area contributed by atoms with Crippen LogP contribution in [0.3, 0.4) is 0 Å². The molecule has 0 heterocycles. The zero-order chi connectivity index (χ0) is 14.9. The van der Waals surface area contributed by atoms with Crippen molar-refractivity contribution in [2.45, 2.75) is 6.36 Å². The minimum Gasteiger partial charge on any atom is -0.405 e. The van der Waals surface area contributed by atoms with E-state index in [1.807, 2.05) is 36.4 Å². The van der Waals surface area contributed by atoms with Gasteiger partial charge in [-0.3, -0.25) is 0 Å². The first-order valence-corrected chi connectivity index (χ1v) is 6.37. The Bertz CT molecular complexity index is 778. The molecule has 0 N–H and O–H groups in total. The molecule has 3 aromatic rings. The molecule has 0 spiro atoms. The van der Waals surface area contributed by atoms with Gasteiger partial charge in [0.05, 0.1) is 0 Å². The van der Waals surface area contributed by atoms with Gasteiger partial charge in [-0.15, -0.1) is 13.2 Å². The maximum absolute atomic E-state index is 12.5. The van der Waals surface area contributed by atoms with Crippen LogP contribution < -0.4 is 4.74 Å². The van der Waals surface area contributed by atoms with Gasteiger partial charge in [0.15, 0.2) is 0 Å². The molecule has 0 fully saturated rings. The number of ether oxygens (including phenoxy) is 1. The smallest absolute Gasteiger partial charge is 0.405 e. The zero-order valence-electron chi connectivity index (χ0n) is 10.9. The normalized spacial score (nSPS) is 11.6. The molecule has 0 atom stereocenters. The van der Waals surface area contributed by atoms with Crippen LogP contribution in [0.25, 0.3) is 21.9 Å². The summed E-state index contributed by atoms with van der Waals surface area (Å²) in [5.41, 5.74) is 1.11. The van der Waals surface area contributed by atoms with Gasteiger partial charge >= 0.3 is 6.36 Å². The van der Waals surface area contributed by atoms with Crippen molar-refractivity contribution < 1.29 is 17.9 Å². The van der Waals surface area contributed by atoms with E-state index in [4.69, 9.17) is 0 Å². The van der Waals surface area contributed by atoms with Crippen molar-refractivity contribution in [3.05, 3.63) is 66.7 Å². The van der Waals surface area contributed by atoms with E-state index in [-0.39, 0.29) is 5.75 Å². The molecule has 0 saturated carbocycles. The first-order valence-electron chi connectivity index (χ1n) is 6.37. The number of benzene rings is 3. The lowest BCUT2D eigenvalue weighted by atomic mass is 10.0. The summed E-state index contributed by atoms with van der Waals surface area (Å²) in [5, 5.41) is 2.01. The molecule has 0 aliphatic heterocycles. The van der Waals surface area contributed by atoms with Gasteiger partial charge in [-0.1, -0.05) is 54.6 Å². The Morgan fingerprint density at radius 3 is 2.14 bits per heavy atom. The fourth-order valence-corrected chi connectivity index (χ4v) is 2.28. The topological polar surface area (TPSA) is 9.23 Å². The van der Waals surface area contributed by atoms with Crippen LogP contribution in [0.5, 0.6) is 5.75 Å². The number of fused-ring (bicyclic) bond motifs is 1. The molecule has 3 rings (SSSR count). The average molecular weight is 288 g/mol. The summed E-state index contributed by atoms with van der Waals surface area (Å²) in [6.07, 6.45) is -4.70. The summed E-state index contributed by atoms with van der Waals surface area (Å²) in [6.45, 7) is 0. The predicted octanol–water partition coefficient (Wildman–Crippen LogP) is 5.41. The Hall–Kier alpha value is -2.49. The van der Waals surface area contributed by atoms with E-state index in [0.29, 0.717) is 11.1 Å². The monoisotopic (exact) mass is 288 g/mol. The minimum atomic E-state index is -4.70. The molecule has 0 aliphatic carbocycles. The third-order valence-corrected chi connectivity index (χ3v) is 3.17. The van der Waals surface area contributed by atoms with Crippen molar-refractivity contribution in [2.24, 2.45) is 0 Å². The molecule has 0 bridgehead atoms. The Morgan fingerprint density at radius 2 is 1.38 bits per heavy atom. The fourth-order valence-electron chi connectivity index (χ4n) is 2.28. The van der Waals surface area contributed by atoms with Gasteiger partial charge in [-0.2, -0.15) is 0 Å². The quantitative estimate of drug-likeness (QED) is 0.613. The summed E-state index contributed by atoms with van der Waals surface area (Å²) in [5.74, 6) is -0.194. The lowest BCUT2D eigenvalue weighted by Crippen LogP contribution is -2.17. The van der Waals surface area contributed by atoms with E-state index in [0.717, 1.165) is 10.8 Å². The van der Waals surface area contributed by atoms with Crippen molar-refractivity contribution in [3.8, 4) is 16.9 Å². The van der Waals surface area contributed by atoms with Crippen LogP contribution in [0.4, 0.5) is 13.2 Å². The maximum Gasteiger partial charge on any atom is 0.573 e. The zero-order valence-corrected chi connectivity index (χ0v) is 10.9. The highest BCUT2D eigenvalue weighted by atomic mass is 19.4. The summed E-state index contributed by atoms with van der Waals surface area (Å²) < 4.78 is 41.5. The summed E-state index contributed by atoms with van der Waals surface area (Å²) in [4.78, 5) is 0. The van der Waals surface area contributed by atoms with Crippen molar-refractivity contribution in [1.82, 2.24) is 0 Å². The van der Waals surface area contributed by atoms with Crippen LogP contribution in [0.2, 0.25) is 0 Å². The van der Waals surface area contributed by atoms with Crippen LogP contribution in [0.15, 0.2) is 66.7 Å². The average Bonchev–Trinajstić information content (AvgIpc) is 2.46. The first kappa shape index (κ1) is 13.5. The molecule has 3 aromatic carbocycles. The van der Waals surface area contributed by atoms with Gasteiger partial charge in [-0.05, 0) is 28.5 Å². The van der Waals surface area contributed by atoms with Crippen LogP contribution in [0.1, 0.15) is 0 Å². The van der Waals surface area contributed by atoms with Gasteiger partial charge in [0.2, 0.25) is 0 Å². The van der Waals surface area contributed by atoms with Gasteiger partial charge in [0.1, 0.15) is 5.75 Å². The number of hydrogen-bond donors (Lipinski definition) is 0. The largest absolute Gasteiger partial charge is 0.573 e. The third-order valence-electron chi connectivity index (χ3n) is 3.17. The fraction of sp³-hybridized carbons (Fsp3) is 0.0588. The van der Waals surface area contributed by atoms with E-state index in [2.05, 4.69) is 4.74 Å². The number of hydrogen-bond acceptors (Lipinski definition) is 1. The molecule has 0 aromatic heterocycles. The van der Waals surface area contributed by atoms with Crippen molar-refractivity contribution in [2.75, 3.05) is 0 Å². The summed E-state index contributed by atoms with van der Waals surface area (Å²) in [7, 11) is 0. The van der Waals surface area contributed by atoms with Crippen molar-refractivity contribution >= 4 is 10.8 Å². The van der Waals surface area contributed by atoms with E-state index >= 15 is 0 Å². The van der Waals surface area contributed by atoms with Crippen LogP contribution in [-0.2, 0) is 0 Å². The molecular formula is C17H11F3O. The Morgan fingerprint density at radius 1 is 0.714 bits per heavy atom. The second-order valence-electron chi connectivity index (χ2n) is 4.61. The predicted molar refractivity (Wildman–Crippen MR) is 76.1 cm³/mol. The highest BCUT2D eigenvalue weighted by Crippen LogP contribution is 2.34. The molecule has 106 valence electrons. The van der Waals surface area contributed by atoms with Crippen LogP contribution >= 0.6 is 0 Å². The Labute approximate surface area is 119 Å². The molecule has 1 nitrogen and oxygen atoms in total. The van der Waals surface area contributed by atoms with Crippen molar-refractivity contribution in [1.29, 1.82) is 0 Å². The number of halogens is 3. The molecule has 4 heteroatoms. The Kier molecular flexibility index (Phi) is 3.29. The van der Waals surface area contributed by atoms with Gasteiger partial charge < -0.3 is 4.74 Å². The first-order chi connectivity index (χ1) is 10.0. The van der Waals surface area contributed by atoms with E-state index in [1.54, 1.807) is 18.2 Å². The van der Waals surface area contributed by atoms with Gasteiger partial charge in [0, 0.05) is 5.56 Å². The molecule has 0 saturated heterocycles. The van der Waals surface area contributed by atoms with Gasteiger partial charge in [0.25, 0.3) is 0 Å². The highest BCUT2D eigenvalue weighted by molar-refractivity contribution is 5.88. The second kappa shape index (κ2) is 5.13. The molecular weight excluding hydrogens is 277 g/mol. The van der Waals surface area contributed by atoms with E-state index in [1.165, 1.54) is 12.1 Å². The summed E-state index contributed by atoms with van der Waals surface area (Å²) in [6, 6.07) is 19.4. The lowest BCUT2D eigenvalue weighted by molar-refractivity contribution is -0.274. The lowest BCUT2D eigenvalue weighted by Gasteiger charge is -2.13.